The molecule has 0 aliphatic carbocycles. The zero-order valence-corrected chi connectivity index (χ0v) is 38.2. The Bertz CT molecular complexity index is 2370. The van der Waals surface area contributed by atoms with Crippen LogP contribution in [0.15, 0.2) is 187 Å². The highest BCUT2D eigenvalue weighted by Crippen LogP contribution is 2.35. The third kappa shape index (κ3) is 13.9. The topological polar surface area (TPSA) is 141 Å². The fourth-order valence-corrected chi connectivity index (χ4v) is 8.40. The number of azide groups is 1. The van der Waals surface area contributed by atoms with Gasteiger partial charge in [-0.1, -0.05) is 187 Å². The van der Waals surface area contributed by atoms with Crippen LogP contribution in [-0.4, -0.2) is 81.7 Å². The van der Waals surface area contributed by atoms with Crippen molar-refractivity contribution in [3.05, 3.63) is 226 Å². The lowest BCUT2D eigenvalue weighted by Gasteiger charge is -2.47. The number of methoxy groups -OCH3 is 1. The molecule has 0 aromatic heterocycles. The third-order valence-corrected chi connectivity index (χ3v) is 11.9. The Labute approximate surface area is 398 Å². The third-order valence-electron chi connectivity index (χ3n) is 11.9. The standard InChI is InChI=1S/C55H59N3O10/c1-59-55-53(65-37-45-30-18-7-19-31-45)52(64-36-44-28-16-6-17-29-44)50(62-34-42-24-12-4-13-25-42)47(68-55)39-66-54-48(57-58-56)51(63-35-43-26-14-5-15-27-43)49(61-33-41-22-10-3-11-23-41)46(67-54)38-60-32-40-20-8-2-9-21-40/h2-31,46-55H,32-39H2,1H3/t46-,47-,48-,49-,50-,51-,52+,53-,54-,55-/m1/s1. The lowest BCUT2D eigenvalue weighted by atomic mass is 9.96. The Balaban J connectivity index is 1.10. The minimum Gasteiger partial charge on any atom is -0.374 e. The van der Waals surface area contributed by atoms with Gasteiger partial charge in [-0.25, -0.2) is 0 Å². The van der Waals surface area contributed by atoms with Gasteiger partial charge in [-0.3, -0.25) is 0 Å². The number of rotatable bonds is 24. The van der Waals surface area contributed by atoms with Crippen LogP contribution in [0, 0.1) is 0 Å². The molecular weight excluding hydrogens is 863 g/mol. The second kappa shape index (κ2) is 26.1. The summed E-state index contributed by atoms with van der Waals surface area (Å²) in [7, 11) is 1.58. The molecule has 8 rings (SSSR count). The number of nitrogens with zero attached hydrogens (tertiary/aromatic N) is 3. The highest BCUT2D eigenvalue weighted by atomic mass is 16.7. The predicted molar refractivity (Wildman–Crippen MR) is 254 cm³/mol. The number of ether oxygens (including phenoxy) is 10. The molecule has 6 aromatic rings. The van der Waals surface area contributed by atoms with E-state index in [-0.39, 0.29) is 46.2 Å². The molecule has 0 unspecified atom stereocenters. The van der Waals surface area contributed by atoms with E-state index in [1.807, 2.05) is 182 Å². The Hall–Kier alpha value is -5.77. The molecule has 2 fully saturated rings. The maximum Gasteiger partial charge on any atom is 0.186 e. The van der Waals surface area contributed by atoms with Crippen molar-refractivity contribution < 1.29 is 47.4 Å². The Morgan fingerprint density at radius 1 is 0.397 bits per heavy atom. The lowest BCUT2D eigenvalue weighted by molar-refractivity contribution is -0.336. The number of hydrogen-bond donors (Lipinski definition) is 0. The second-order valence-corrected chi connectivity index (χ2v) is 16.7. The van der Waals surface area contributed by atoms with Gasteiger partial charge in [0.15, 0.2) is 12.6 Å². The van der Waals surface area contributed by atoms with Gasteiger partial charge in [0.1, 0.15) is 48.8 Å². The molecule has 6 aromatic carbocycles. The minimum absolute atomic E-state index is 0.0867. The van der Waals surface area contributed by atoms with Crippen molar-refractivity contribution in [2.75, 3.05) is 20.3 Å². The van der Waals surface area contributed by atoms with Gasteiger partial charge >= 0.3 is 0 Å². The molecule has 2 saturated heterocycles. The average molecular weight is 922 g/mol. The molecule has 0 N–H and O–H groups in total. The van der Waals surface area contributed by atoms with Gasteiger partial charge in [-0.15, -0.1) is 0 Å². The molecule has 68 heavy (non-hydrogen) atoms. The number of benzene rings is 6. The van der Waals surface area contributed by atoms with Crippen LogP contribution >= 0.6 is 0 Å². The zero-order chi connectivity index (χ0) is 46.6. The molecule has 2 aliphatic heterocycles. The van der Waals surface area contributed by atoms with Crippen molar-refractivity contribution in [3.63, 3.8) is 0 Å². The predicted octanol–water partition coefficient (Wildman–Crippen LogP) is 9.92. The first-order chi connectivity index (χ1) is 33.6. The lowest BCUT2D eigenvalue weighted by Crippen LogP contribution is -2.63. The van der Waals surface area contributed by atoms with Gasteiger partial charge in [0, 0.05) is 12.0 Å². The molecule has 0 amide bonds. The van der Waals surface area contributed by atoms with Gasteiger partial charge in [0.05, 0.1) is 52.9 Å². The maximum atomic E-state index is 10.2. The van der Waals surface area contributed by atoms with Crippen molar-refractivity contribution in [2.24, 2.45) is 5.11 Å². The first kappa shape index (κ1) is 48.7. The summed E-state index contributed by atoms with van der Waals surface area (Å²) < 4.78 is 66.6. The minimum atomic E-state index is -1.14. The van der Waals surface area contributed by atoms with E-state index in [1.54, 1.807) is 7.11 Å². The summed E-state index contributed by atoms with van der Waals surface area (Å²) >= 11 is 0. The van der Waals surface area contributed by atoms with Gasteiger partial charge in [0.2, 0.25) is 0 Å². The second-order valence-electron chi connectivity index (χ2n) is 16.7. The Morgan fingerprint density at radius 3 is 1.15 bits per heavy atom. The van der Waals surface area contributed by atoms with Crippen molar-refractivity contribution in [1.29, 1.82) is 0 Å². The van der Waals surface area contributed by atoms with E-state index in [0.29, 0.717) is 6.61 Å². The van der Waals surface area contributed by atoms with Crippen molar-refractivity contribution >= 4 is 0 Å². The van der Waals surface area contributed by atoms with Crippen LogP contribution in [-0.2, 0) is 87.0 Å². The van der Waals surface area contributed by atoms with E-state index in [2.05, 4.69) is 10.0 Å². The molecular formula is C55H59N3O10. The van der Waals surface area contributed by atoms with E-state index < -0.39 is 61.3 Å². The quantitative estimate of drug-likeness (QED) is 0.0327. The molecule has 354 valence electrons. The molecule has 2 aliphatic rings. The molecule has 13 nitrogen and oxygen atoms in total. The average Bonchev–Trinajstić information content (AvgIpc) is 3.40. The SMILES string of the molecule is CO[C@@H]1O[C@H](CO[C@@H]2O[C@H](COCc3ccccc3)[C@@H](OCc3ccccc3)[C@H](OCc3ccccc3)[C@H]2N=[N+]=[N-])[C@@H](OCc2ccccc2)[C@H](OCc2ccccc2)[C@H]1OCc1ccccc1. The molecule has 0 spiro atoms. The summed E-state index contributed by atoms with van der Waals surface area (Å²) in [6.45, 7) is 1.62. The highest BCUT2D eigenvalue weighted by Gasteiger charge is 2.51. The molecule has 2 heterocycles. The summed E-state index contributed by atoms with van der Waals surface area (Å²) in [6, 6.07) is 58.3. The molecule has 13 heteroatoms. The molecule has 10 atom stereocenters. The smallest absolute Gasteiger partial charge is 0.186 e. The summed E-state index contributed by atoms with van der Waals surface area (Å²) in [5, 5.41) is 4.30. The maximum absolute atomic E-state index is 10.2. The van der Waals surface area contributed by atoms with Gasteiger partial charge in [0.25, 0.3) is 0 Å². The van der Waals surface area contributed by atoms with Crippen molar-refractivity contribution in [3.8, 4) is 0 Å². The van der Waals surface area contributed by atoms with Crippen LogP contribution in [0.1, 0.15) is 33.4 Å². The van der Waals surface area contributed by atoms with Crippen LogP contribution in [0.25, 0.3) is 10.4 Å². The first-order valence-electron chi connectivity index (χ1n) is 23.0. The van der Waals surface area contributed by atoms with Crippen LogP contribution in [0.5, 0.6) is 0 Å². The van der Waals surface area contributed by atoms with Gasteiger partial charge in [-0.05, 0) is 38.9 Å². The van der Waals surface area contributed by atoms with E-state index in [9.17, 15) is 5.53 Å². The molecule has 0 bridgehead atoms. The summed E-state index contributed by atoms with van der Waals surface area (Å²) in [5.41, 5.74) is 16.0. The van der Waals surface area contributed by atoms with E-state index >= 15 is 0 Å². The van der Waals surface area contributed by atoms with Gasteiger partial charge in [-0.2, -0.15) is 0 Å². The van der Waals surface area contributed by atoms with E-state index in [1.165, 1.54) is 0 Å². The Kier molecular flexibility index (Phi) is 18.7. The van der Waals surface area contributed by atoms with Crippen LogP contribution in [0.4, 0.5) is 0 Å². The summed E-state index contributed by atoms with van der Waals surface area (Å²) in [4.78, 5) is 3.30. The van der Waals surface area contributed by atoms with Crippen molar-refractivity contribution in [1.82, 2.24) is 0 Å². The van der Waals surface area contributed by atoms with Gasteiger partial charge < -0.3 is 47.4 Å². The molecule has 0 radical (unpaired) electrons. The monoisotopic (exact) mass is 921 g/mol. The Morgan fingerprint density at radius 2 is 0.735 bits per heavy atom. The molecule has 0 saturated carbocycles. The fourth-order valence-electron chi connectivity index (χ4n) is 8.40. The van der Waals surface area contributed by atoms with Crippen LogP contribution in [0.3, 0.4) is 0 Å². The summed E-state index contributed by atoms with van der Waals surface area (Å²) in [5.74, 6) is 0. The highest BCUT2D eigenvalue weighted by molar-refractivity contribution is 5.18. The number of hydrogen-bond acceptors (Lipinski definition) is 11. The van der Waals surface area contributed by atoms with Crippen molar-refractivity contribution in [2.45, 2.75) is 101 Å². The normalized spacial score (nSPS) is 24.8. The summed E-state index contributed by atoms with van der Waals surface area (Å²) in [6.07, 6.45) is -7.27. The first-order valence-corrected chi connectivity index (χ1v) is 23.0. The zero-order valence-electron chi connectivity index (χ0n) is 38.2. The van der Waals surface area contributed by atoms with Crippen LogP contribution in [0.2, 0.25) is 0 Å². The van der Waals surface area contributed by atoms with E-state index in [4.69, 9.17) is 47.4 Å². The van der Waals surface area contributed by atoms with Crippen LogP contribution < -0.4 is 0 Å². The largest absolute Gasteiger partial charge is 0.374 e. The van der Waals surface area contributed by atoms with E-state index in [0.717, 1.165) is 33.4 Å². The fraction of sp³-hybridized carbons (Fsp3) is 0.345.